The SMILES string of the molecule is Cc1ccc2oc(C(=O)N3CCCC(c4ncc5c(n4)CCN(C)C5)C3)cc2c1. The Bertz CT molecular complexity index is 1070. The summed E-state index contributed by atoms with van der Waals surface area (Å²) in [7, 11) is 2.13. The highest BCUT2D eigenvalue weighted by Crippen LogP contribution is 2.28. The summed E-state index contributed by atoms with van der Waals surface area (Å²) in [4.78, 5) is 26.8. The third kappa shape index (κ3) is 3.53. The van der Waals surface area contributed by atoms with Crippen LogP contribution < -0.4 is 0 Å². The van der Waals surface area contributed by atoms with E-state index in [2.05, 4.69) is 16.9 Å². The van der Waals surface area contributed by atoms with Gasteiger partial charge in [-0.3, -0.25) is 4.79 Å². The summed E-state index contributed by atoms with van der Waals surface area (Å²) in [5, 5.41) is 0.977. The number of furan rings is 1. The smallest absolute Gasteiger partial charge is 0.289 e. The van der Waals surface area contributed by atoms with Crippen molar-refractivity contribution in [3.63, 3.8) is 0 Å². The minimum Gasteiger partial charge on any atom is -0.451 e. The third-order valence-corrected chi connectivity index (χ3v) is 6.10. The number of rotatable bonds is 2. The highest BCUT2D eigenvalue weighted by molar-refractivity contribution is 5.96. The van der Waals surface area contributed by atoms with Gasteiger partial charge in [0.15, 0.2) is 5.76 Å². The van der Waals surface area contributed by atoms with Crippen molar-refractivity contribution in [2.75, 3.05) is 26.7 Å². The molecule has 4 heterocycles. The van der Waals surface area contributed by atoms with Gasteiger partial charge in [0.1, 0.15) is 11.4 Å². The van der Waals surface area contributed by atoms with Crippen LogP contribution in [0, 0.1) is 6.92 Å². The highest BCUT2D eigenvalue weighted by Gasteiger charge is 2.29. The maximum Gasteiger partial charge on any atom is 0.289 e. The van der Waals surface area contributed by atoms with Gasteiger partial charge in [-0.05, 0) is 45.0 Å². The summed E-state index contributed by atoms with van der Waals surface area (Å²) in [5.41, 5.74) is 4.31. The van der Waals surface area contributed by atoms with E-state index in [-0.39, 0.29) is 11.8 Å². The van der Waals surface area contributed by atoms with E-state index in [0.717, 1.165) is 61.3 Å². The standard InChI is InChI=1S/C23H26N4O2/c1-15-5-6-20-17(10-15)11-21(29-20)23(28)27-8-3-4-16(14-27)22-24-12-18-13-26(2)9-7-19(18)25-22/h5-6,10-12,16H,3-4,7-9,13-14H2,1-2H3. The Hall–Kier alpha value is -2.73. The van der Waals surface area contributed by atoms with E-state index < -0.39 is 0 Å². The van der Waals surface area contributed by atoms with Gasteiger partial charge in [0.2, 0.25) is 0 Å². The van der Waals surface area contributed by atoms with Crippen LogP contribution in [-0.4, -0.2) is 52.4 Å². The molecule has 0 bridgehead atoms. The molecule has 0 saturated carbocycles. The first-order valence-electron chi connectivity index (χ1n) is 10.4. The average molecular weight is 390 g/mol. The fourth-order valence-electron chi connectivity index (χ4n) is 4.47. The van der Waals surface area contributed by atoms with Gasteiger partial charge < -0.3 is 14.2 Å². The van der Waals surface area contributed by atoms with E-state index >= 15 is 0 Å². The maximum absolute atomic E-state index is 13.1. The van der Waals surface area contributed by atoms with Crippen LogP contribution in [-0.2, 0) is 13.0 Å². The predicted molar refractivity (Wildman–Crippen MR) is 111 cm³/mol. The molecule has 6 heteroatoms. The Kier molecular flexibility index (Phi) is 4.59. The van der Waals surface area contributed by atoms with Crippen LogP contribution in [0.15, 0.2) is 34.9 Å². The molecule has 2 aromatic heterocycles. The number of aryl methyl sites for hydroxylation is 1. The predicted octanol–water partition coefficient (Wildman–Crippen LogP) is 3.54. The molecule has 29 heavy (non-hydrogen) atoms. The molecule has 0 aliphatic carbocycles. The second-order valence-corrected chi connectivity index (χ2v) is 8.43. The maximum atomic E-state index is 13.1. The Labute approximate surface area is 170 Å². The molecule has 2 aliphatic rings. The number of fused-ring (bicyclic) bond motifs is 2. The van der Waals surface area contributed by atoms with E-state index in [1.54, 1.807) is 0 Å². The molecular formula is C23H26N4O2. The number of hydrogen-bond acceptors (Lipinski definition) is 5. The summed E-state index contributed by atoms with van der Waals surface area (Å²) in [6.07, 6.45) is 4.92. The number of carbonyl (C=O) groups excluding carboxylic acids is 1. The first kappa shape index (κ1) is 18.3. The molecule has 1 aromatic carbocycles. The summed E-state index contributed by atoms with van der Waals surface area (Å²) in [6.45, 7) is 5.38. The number of piperidine rings is 1. The molecule has 2 aliphatic heterocycles. The Morgan fingerprint density at radius 3 is 3.03 bits per heavy atom. The molecule has 150 valence electrons. The minimum absolute atomic E-state index is 0.0388. The summed E-state index contributed by atoms with van der Waals surface area (Å²) < 4.78 is 5.84. The van der Waals surface area contributed by atoms with Gasteiger partial charge in [-0.25, -0.2) is 9.97 Å². The van der Waals surface area contributed by atoms with Gasteiger partial charge in [0.05, 0.1) is 0 Å². The van der Waals surface area contributed by atoms with Gasteiger partial charge >= 0.3 is 0 Å². The Morgan fingerprint density at radius 2 is 2.14 bits per heavy atom. The van der Waals surface area contributed by atoms with Gasteiger partial charge in [-0.15, -0.1) is 0 Å². The zero-order valence-electron chi connectivity index (χ0n) is 17.0. The minimum atomic E-state index is -0.0388. The van der Waals surface area contributed by atoms with Crippen molar-refractivity contribution in [3.8, 4) is 0 Å². The van der Waals surface area contributed by atoms with Crippen molar-refractivity contribution in [2.45, 2.75) is 38.6 Å². The number of aromatic nitrogens is 2. The number of nitrogens with zero attached hydrogens (tertiary/aromatic N) is 4. The number of likely N-dealkylation sites (N-methyl/N-ethyl adjacent to an activating group) is 1. The molecule has 1 fully saturated rings. The summed E-state index contributed by atoms with van der Waals surface area (Å²) in [6, 6.07) is 7.84. The van der Waals surface area contributed by atoms with Crippen LogP contribution in [0.4, 0.5) is 0 Å². The molecule has 0 spiro atoms. The molecule has 1 atom stereocenters. The van der Waals surface area contributed by atoms with Crippen molar-refractivity contribution in [1.29, 1.82) is 0 Å². The lowest BCUT2D eigenvalue weighted by atomic mass is 9.96. The van der Waals surface area contributed by atoms with E-state index in [0.29, 0.717) is 12.3 Å². The van der Waals surface area contributed by atoms with Crippen LogP contribution in [0.3, 0.4) is 0 Å². The van der Waals surface area contributed by atoms with Gasteiger partial charge in [-0.1, -0.05) is 11.6 Å². The van der Waals surface area contributed by atoms with E-state index in [1.807, 2.05) is 42.3 Å². The molecule has 0 N–H and O–H groups in total. The number of carbonyl (C=O) groups is 1. The second-order valence-electron chi connectivity index (χ2n) is 8.43. The molecule has 0 radical (unpaired) electrons. The number of hydrogen-bond donors (Lipinski definition) is 0. The number of likely N-dealkylation sites (tertiary alicyclic amines) is 1. The zero-order valence-corrected chi connectivity index (χ0v) is 17.0. The fourth-order valence-corrected chi connectivity index (χ4v) is 4.47. The normalized spacial score (nSPS) is 20.1. The van der Waals surface area contributed by atoms with Crippen LogP contribution in [0.2, 0.25) is 0 Å². The van der Waals surface area contributed by atoms with Crippen LogP contribution in [0.1, 0.15) is 52.0 Å². The zero-order chi connectivity index (χ0) is 20.0. The van der Waals surface area contributed by atoms with Gasteiger partial charge in [0, 0.05) is 61.4 Å². The second kappa shape index (κ2) is 7.26. The number of amides is 1. The topological polar surface area (TPSA) is 62.5 Å². The highest BCUT2D eigenvalue weighted by atomic mass is 16.3. The molecule has 1 amide bonds. The monoisotopic (exact) mass is 390 g/mol. The van der Waals surface area contributed by atoms with Crippen LogP contribution >= 0.6 is 0 Å². The average Bonchev–Trinajstić information content (AvgIpc) is 3.16. The van der Waals surface area contributed by atoms with E-state index in [4.69, 9.17) is 9.40 Å². The van der Waals surface area contributed by atoms with Gasteiger partial charge in [-0.2, -0.15) is 0 Å². The summed E-state index contributed by atoms with van der Waals surface area (Å²) in [5.74, 6) is 1.44. The molecule has 6 nitrogen and oxygen atoms in total. The first-order chi connectivity index (χ1) is 14.1. The van der Waals surface area contributed by atoms with Crippen LogP contribution in [0.25, 0.3) is 11.0 Å². The Balaban J connectivity index is 1.35. The van der Waals surface area contributed by atoms with Crippen molar-refractivity contribution >= 4 is 16.9 Å². The van der Waals surface area contributed by atoms with E-state index in [1.165, 1.54) is 11.3 Å². The lowest BCUT2D eigenvalue weighted by molar-refractivity contribution is 0.0674. The molecule has 3 aromatic rings. The fraction of sp³-hybridized carbons (Fsp3) is 0.435. The lowest BCUT2D eigenvalue weighted by Crippen LogP contribution is -2.39. The molecular weight excluding hydrogens is 364 g/mol. The van der Waals surface area contributed by atoms with Crippen molar-refractivity contribution in [3.05, 3.63) is 58.9 Å². The van der Waals surface area contributed by atoms with E-state index in [9.17, 15) is 4.79 Å². The summed E-state index contributed by atoms with van der Waals surface area (Å²) >= 11 is 0. The largest absolute Gasteiger partial charge is 0.451 e. The first-order valence-corrected chi connectivity index (χ1v) is 10.4. The van der Waals surface area contributed by atoms with Crippen molar-refractivity contribution < 1.29 is 9.21 Å². The van der Waals surface area contributed by atoms with Crippen molar-refractivity contribution in [1.82, 2.24) is 19.8 Å². The molecule has 1 unspecified atom stereocenters. The van der Waals surface area contributed by atoms with Crippen molar-refractivity contribution in [2.24, 2.45) is 0 Å². The van der Waals surface area contributed by atoms with Crippen LogP contribution in [0.5, 0.6) is 0 Å². The third-order valence-electron chi connectivity index (χ3n) is 6.10. The molecule has 5 rings (SSSR count). The number of benzene rings is 1. The Morgan fingerprint density at radius 1 is 1.24 bits per heavy atom. The van der Waals surface area contributed by atoms with Gasteiger partial charge in [0.25, 0.3) is 5.91 Å². The quantitative estimate of drug-likeness (QED) is 0.670. The molecule has 1 saturated heterocycles. The lowest BCUT2D eigenvalue weighted by Gasteiger charge is -2.32.